The van der Waals surface area contributed by atoms with E-state index in [9.17, 15) is 13.2 Å². The Labute approximate surface area is 187 Å². The Balaban J connectivity index is 1.74. The average molecular weight is 453 g/mol. The minimum atomic E-state index is -3.77. The maximum Gasteiger partial charge on any atom is 0.261 e. The van der Waals surface area contributed by atoms with E-state index >= 15 is 0 Å². The number of carbonyl (C=O) groups excluding carboxylic acids is 1. The Morgan fingerprint density at radius 3 is 2.47 bits per heavy atom. The summed E-state index contributed by atoms with van der Waals surface area (Å²) in [5.74, 6) is 0.637. The first kappa shape index (κ1) is 21.7. The molecule has 1 aromatic carbocycles. The van der Waals surface area contributed by atoms with E-state index in [1.54, 1.807) is 49.3 Å². The molecule has 1 fully saturated rings. The number of carbonyl (C=O) groups is 1. The van der Waals surface area contributed by atoms with Gasteiger partial charge in [-0.15, -0.1) is 0 Å². The molecule has 2 aromatic heterocycles. The van der Waals surface area contributed by atoms with Crippen LogP contribution in [0.15, 0.2) is 53.8 Å². The third-order valence-electron chi connectivity index (χ3n) is 5.45. The van der Waals surface area contributed by atoms with Crippen molar-refractivity contribution in [3.8, 4) is 11.1 Å². The molecule has 0 saturated carbocycles. The van der Waals surface area contributed by atoms with Gasteiger partial charge in [-0.05, 0) is 32.0 Å². The van der Waals surface area contributed by atoms with Crippen molar-refractivity contribution in [3.63, 3.8) is 0 Å². The summed E-state index contributed by atoms with van der Waals surface area (Å²) >= 11 is 0. The van der Waals surface area contributed by atoms with Gasteiger partial charge in [0.1, 0.15) is 12.1 Å². The molecule has 32 heavy (non-hydrogen) atoms. The molecule has 0 spiro atoms. The van der Waals surface area contributed by atoms with Gasteiger partial charge >= 0.3 is 0 Å². The van der Waals surface area contributed by atoms with Crippen molar-refractivity contribution in [2.75, 3.05) is 36.3 Å². The van der Waals surface area contributed by atoms with Gasteiger partial charge in [0.15, 0.2) is 0 Å². The highest BCUT2D eigenvalue weighted by Crippen LogP contribution is 2.33. The van der Waals surface area contributed by atoms with Gasteiger partial charge < -0.3 is 9.80 Å². The summed E-state index contributed by atoms with van der Waals surface area (Å²) in [4.78, 5) is 29.2. The number of aromatic nitrogens is 3. The zero-order valence-electron chi connectivity index (χ0n) is 18.1. The summed E-state index contributed by atoms with van der Waals surface area (Å²) in [6.45, 7) is 5.04. The van der Waals surface area contributed by atoms with Gasteiger partial charge in [0, 0.05) is 37.5 Å². The Morgan fingerprint density at radius 1 is 1.00 bits per heavy atom. The number of nitrogens with one attached hydrogen (secondary N) is 1. The lowest BCUT2D eigenvalue weighted by molar-refractivity contribution is -0.129. The molecule has 1 aliphatic heterocycles. The van der Waals surface area contributed by atoms with Crippen molar-refractivity contribution in [2.24, 2.45) is 0 Å². The molecule has 10 heteroatoms. The smallest absolute Gasteiger partial charge is 0.261 e. The molecule has 9 nitrogen and oxygen atoms in total. The number of piperazine rings is 1. The van der Waals surface area contributed by atoms with Crippen LogP contribution in [-0.4, -0.2) is 60.9 Å². The second kappa shape index (κ2) is 8.54. The lowest BCUT2D eigenvalue weighted by atomic mass is 10.0. The molecular weight excluding hydrogens is 428 g/mol. The van der Waals surface area contributed by atoms with Crippen molar-refractivity contribution < 1.29 is 13.2 Å². The van der Waals surface area contributed by atoms with Gasteiger partial charge in [0.2, 0.25) is 5.91 Å². The number of amides is 1. The average Bonchev–Trinajstić information content (AvgIpc) is 2.78. The third kappa shape index (κ3) is 4.26. The SMILES string of the molecule is Cc1ncc(-c2c(C)ncnc2N2CCN(C)C(=O)C2)cc1NS(=O)(=O)c1ccccc1. The Hall–Kier alpha value is -3.53. The van der Waals surface area contributed by atoms with E-state index in [2.05, 4.69) is 19.7 Å². The molecule has 0 unspecified atom stereocenters. The first-order valence-electron chi connectivity index (χ1n) is 10.1. The molecule has 0 radical (unpaired) electrons. The van der Waals surface area contributed by atoms with Crippen LogP contribution in [-0.2, 0) is 14.8 Å². The van der Waals surface area contributed by atoms with Crippen molar-refractivity contribution in [1.29, 1.82) is 0 Å². The van der Waals surface area contributed by atoms with Crippen LogP contribution in [0.25, 0.3) is 11.1 Å². The van der Waals surface area contributed by atoms with E-state index in [1.807, 2.05) is 11.8 Å². The second-order valence-corrected chi connectivity index (χ2v) is 9.35. The Kier molecular flexibility index (Phi) is 5.79. The van der Waals surface area contributed by atoms with Crippen molar-refractivity contribution >= 4 is 27.4 Å². The minimum Gasteiger partial charge on any atom is -0.345 e. The van der Waals surface area contributed by atoms with Gasteiger partial charge in [-0.2, -0.15) is 0 Å². The number of hydrogen-bond donors (Lipinski definition) is 1. The van der Waals surface area contributed by atoms with E-state index in [4.69, 9.17) is 0 Å². The lowest BCUT2D eigenvalue weighted by Gasteiger charge is -2.33. The first-order chi connectivity index (χ1) is 15.3. The molecule has 1 amide bonds. The van der Waals surface area contributed by atoms with Crippen LogP contribution in [0.3, 0.4) is 0 Å². The molecule has 166 valence electrons. The summed E-state index contributed by atoms with van der Waals surface area (Å²) in [6, 6.07) is 9.90. The highest BCUT2D eigenvalue weighted by atomic mass is 32.2. The molecule has 1 saturated heterocycles. The van der Waals surface area contributed by atoms with E-state index in [-0.39, 0.29) is 17.3 Å². The van der Waals surface area contributed by atoms with Crippen molar-refractivity contribution in [1.82, 2.24) is 19.9 Å². The molecule has 1 aliphatic rings. The highest BCUT2D eigenvalue weighted by Gasteiger charge is 2.26. The molecule has 4 rings (SSSR count). The molecule has 1 N–H and O–H groups in total. The fourth-order valence-electron chi connectivity index (χ4n) is 3.55. The molecule has 0 atom stereocenters. The lowest BCUT2D eigenvalue weighted by Crippen LogP contribution is -2.49. The summed E-state index contributed by atoms with van der Waals surface area (Å²) in [6.07, 6.45) is 3.14. The van der Waals surface area contributed by atoms with Crippen LogP contribution in [0.4, 0.5) is 11.5 Å². The van der Waals surface area contributed by atoms with Crippen LogP contribution >= 0.6 is 0 Å². The Morgan fingerprint density at radius 2 is 1.75 bits per heavy atom. The quantitative estimate of drug-likeness (QED) is 0.632. The predicted octanol–water partition coefficient (Wildman–Crippen LogP) is 2.23. The highest BCUT2D eigenvalue weighted by molar-refractivity contribution is 7.92. The molecule has 3 heterocycles. The summed E-state index contributed by atoms with van der Waals surface area (Å²) in [5, 5.41) is 0. The maximum atomic E-state index is 12.8. The second-order valence-electron chi connectivity index (χ2n) is 7.67. The number of anilines is 2. The van der Waals surface area contributed by atoms with Gasteiger partial charge in [0.05, 0.1) is 28.5 Å². The first-order valence-corrected chi connectivity index (χ1v) is 11.6. The van der Waals surface area contributed by atoms with Gasteiger partial charge in [0.25, 0.3) is 10.0 Å². The number of rotatable bonds is 5. The summed E-state index contributed by atoms with van der Waals surface area (Å²) in [7, 11) is -1.99. The summed E-state index contributed by atoms with van der Waals surface area (Å²) in [5.41, 5.74) is 3.01. The number of likely N-dealkylation sites (N-methyl/N-ethyl adjacent to an activating group) is 1. The van der Waals surface area contributed by atoms with E-state index in [0.717, 1.165) is 5.56 Å². The standard InChI is InChI=1S/C22H24N6O3S/c1-15-19(26-32(30,31)18-7-5-4-6-8-18)11-17(12-23-15)21-16(2)24-14-25-22(21)28-10-9-27(3)20(29)13-28/h4-8,11-12,14,26H,9-10,13H2,1-3H3. The molecular formula is C22H24N6O3S. The zero-order chi connectivity index (χ0) is 22.9. The monoisotopic (exact) mass is 452 g/mol. The fourth-order valence-corrected chi connectivity index (χ4v) is 4.68. The van der Waals surface area contributed by atoms with E-state index in [0.29, 0.717) is 41.5 Å². The van der Waals surface area contributed by atoms with Crippen LogP contribution in [0.1, 0.15) is 11.4 Å². The number of sulfonamides is 1. The molecule has 0 aliphatic carbocycles. The number of pyridine rings is 1. The molecule has 0 bridgehead atoms. The maximum absolute atomic E-state index is 12.8. The van der Waals surface area contributed by atoms with Gasteiger partial charge in [-0.3, -0.25) is 14.5 Å². The predicted molar refractivity (Wildman–Crippen MR) is 122 cm³/mol. The van der Waals surface area contributed by atoms with Gasteiger partial charge in [-0.25, -0.2) is 18.4 Å². The van der Waals surface area contributed by atoms with Crippen LogP contribution in [0.2, 0.25) is 0 Å². The third-order valence-corrected chi connectivity index (χ3v) is 6.83. The van der Waals surface area contributed by atoms with Gasteiger partial charge in [-0.1, -0.05) is 18.2 Å². The summed E-state index contributed by atoms with van der Waals surface area (Å²) < 4.78 is 28.3. The van der Waals surface area contributed by atoms with Crippen molar-refractivity contribution in [3.05, 3.63) is 60.3 Å². The molecule has 3 aromatic rings. The van der Waals surface area contributed by atoms with E-state index in [1.165, 1.54) is 18.5 Å². The number of aryl methyl sites for hydroxylation is 2. The largest absolute Gasteiger partial charge is 0.345 e. The van der Waals surface area contributed by atoms with E-state index < -0.39 is 10.0 Å². The number of hydrogen-bond acceptors (Lipinski definition) is 7. The Bertz CT molecular complexity index is 1260. The number of benzene rings is 1. The zero-order valence-corrected chi connectivity index (χ0v) is 18.9. The van der Waals surface area contributed by atoms with Crippen LogP contribution < -0.4 is 9.62 Å². The van der Waals surface area contributed by atoms with Crippen LogP contribution in [0, 0.1) is 13.8 Å². The number of nitrogens with zero attached hydrogens (tertiary/aromatic N) is 5. The topological polar surface area (TPSA) is 108 Å². The fraction of sp³-hybridized carbons (Fsp3) is 0.273. The normalized spacial score (nSPS) is 14.5. The minimum absolute atomic E-state index is 0.0109. The van der Waals surface area contributed by atoms with Crippen molar-refractivity contribution in [2.45, 2.75) is 18.7 Å². The van der Waals surface area contributed by atoms with Crippen LogP contribution in [0.5, 0.6) is 0 Å².